The topological polar surface area (TPSA) is 80.3 Å². The van der Waals surface area contributed by atoms with Crippen molar-refractivity contribution < 1.29 is 14.3 Å². The van der Waals surface area contributed by atoms with E-state index in [-0.39, 0.29) is 11.8 Å². The predicted molar refractivity (Wildman–Crippen MR) is 85.7 cm³/mol. The van der Waals surface area contributed by atoms with E-state index in [2.05, 4.69) is 15.6 Å². The number of hydrogen-bond donors (Lipinski definition) is 2. The summed E-state index contributed by atoms with van der Waals surface area (Å²) in [5, 5.41) is 5.68. The molecule has 23 heavy (non-hydrogen) atoms. The van der Waals surface area contributed by atoms with E-state index in [1.54, 1.807) is 36.4 Å². The number of anilines is 1. The Morgan fingerprint density at radius 2 is 1.74 bits per heavy atom. The van der Waals surface area contributed by atoms with Gasteiger partial charge in [0, 0.05) is 29.6 Å². The number of nitrogens with one attached hydrogen (secondary N) is 2. The highest BCUT2D eigenvalue weighted by Crippen LogP contribution is 2.20. The third kappa shape index (κ3) is 3.85. The first-order valence-corrected chi connectivity index (χ1v) is 7.38. The molecule has 0 aliphatic heterocycles. The van der Waals surface area contributed by atoms with Gasteiger partial charge in [0.25, 0.3) is 11.8 Å². The SMILES string of the molecule is COc1ccc(C(=O)Nc2ccc(C(=O)NC3CC3)cc2)cn1. The monoisotopic (exact) mass is 311 g/mol. The molecule has 6 heteroatoms. The van der Waals surface area contributed by atoms with Crippen molar-refractivity contribution in [2.24, 2.45) is 0 Å². The normalized spacial score (nSPS) is 13.3. The number of carbonyl (C=O) groups is 2. The van der Waals surface area contributed by atoms with Gasteiger partial charge in [0.15, 0.2) is 0 Å². The van der Waals surface area contributed by atoms with Crippen LogP contribution < -0.4 is 15.4 Å². The molecule has 3 rings (SSSR count). The van der Waals surface area contributed by atoms with Gasteiger partial charge < -0.3 is 15.4 Å². The molecule has 1 saturated carbocycles. The highest BCUT2D eigenvalue weighted by Gasteiger charge is 2.23. The molecule has 0 unspecified atom stereocenters. The van der Waals surface area contributed by atoms with Crippen molar-refractivity contribution in [3.8, 4) is 5.88 Å². The van der Waals surface area contributed by atoms with Crippen molar-refractivity contribution in [1.29, 1.82) is 0 Å². The number of rotatable bonds is 5. The number of benzene rings is 1. The molecular weight excluding hydrogens is 294 g/mol. The second-order valence-electron chi connectivity index (χ2n) is 5.37. The summed E-state index contributed by atoms with van der Waals surface area (Å²) in [5.41, 5.74) is 1.64. The van der Waals surface area contributed by atoms with E-state index in [0.717, 1.165) is 12.8 Å². The minimum absolute atomic E-state index is 0.0790. The van der Waals surface area contributed by atoms with E-state index in [0.29, 0.717) is 28.7 Å². The minimum atomic E-state index is -0.268. The van der Waals surface area contributed by atoms with Gasteiger partial charge in [0.1, 0.15) is 0 Å². The number of carbonyl (C=O) groups excluding carboxylic acids is 2. The Morgan fingerprint density at radius 3 is 2.30 bits per heavy atom. The van der Waals surface area contributed by atoms with E-state index >= 15 is 0 Å². The zero-order valence-corrected chi connectivity index (χ0v) is 12.7. The molecule has 1 aromatic carbocycles. The van der Waals surface area contributed by atoms with Crippen molar-refractivity contribution in [3.05, 3.63) is 53.7 Å². The molecule has 0 radical (unpaired) electrons. The van der Waals surface area contributed by atoms with Crippen LogP contribution in [0, 0.1) is 0 Å². The van der Waals surface area contributed by atoms with Crippen LogP contribution in [0.25, 0.3) is 0 Å². The lowest BCUT2D eigenvalue weighted by Gasteiger charge is -2.07. The van der Waals surface area contributed by atoms with Crippen LogP contribution in [0.15, 0.2) is 42.6 Å². The highest BCUT2D eigenvalue weighted by atomic mass is 16.5. The Hall–Kier alpha value is -2.89. The van der Waals surface area contributed by atoms with Crippen LogP contribution >= 0.6 is 0 Å². The van der Waals surface area contributed by atoms with Crippen molar-refractivity contribution >= 4 is 17.5 Å². The molecular formula is C17H17N3O3. The van der Waals surface area contributed by atoms with Crippen molar-refractivity contribution in [1.82, 2.24) is 10.3 Å². The van der Waals surface area contributed by atoms with Gasteiger partial charge in [-0.05, 0) is 43.2 Å². The summed E-state index contributed by atoms with van der Waals surface area (Å²) in [7, 11) is 1.52. The van der Waals surface area contributed by atoms with Crippen LogP contribution in [0.3, 0.4) is 0 Å². The lowest BCUT2D eigenvalue weighted by Crippen LogP contribution is -2.25. The Balaban J connectivity index is 1.62. The molecule has 1 aliphatic rings. The standard InChI is InChI=1S/C17H17N3O3/c1-23-15-9-4-12(10-18-15)17(22)20-13-5-2-11(3-6-13)16(21)19-14-7-8-14/h2-6,9-10,14H,7-8H2,1H3,(H,19,21)(H,20,22). The van der Waals surface area contributed by atoms with E-state index in [4.69, 9.17) is 4.74 Å². The van der Waals surface area contributed by atoms with Gasteiger partial charge in [-0.25, -0.2) is 4.98 Å². The maximum Gasteiger partial charge on any atom is 0.257 e. The first kappa shape index (κ1) is 15.0. The molecule has 2 N–H and O–H groups in total. The van der Waals surface area contributed by atoms with Gasteiger partial charge in [0.2, 0.25) is 5.88 Å². The molecule has 1 fully saturated rings. The smallest absolute Gasteiger partial charge is 0.257 e. The van der Waals surface area contributed by atoms with Crippen molar-refractivity contribution in [2.75, 3.05) is 12.4 Å². The zero-order valence-electron chi connectivity index (χ0n) is 12.7. The fourth-order valence-corrected chi connectivity index (χ4v) is 2.04. The number of pyridine rings is 1. The number of aromatic nitrogens is 1. The van der Waals surface area contributed by atoms with Crippen LogP contribution in [0.4, 0.5) is 5.69 Å². The van der Waals surface area contributed by atoms with Gasteiger partial charge in [-0.1, -0.05) is 0 Å². The zero-order chi connectivity index (χ0) is 16.2. The molecule has 2 aromatic rings. The maximum absolute atomic E-state index is 12.1. The maximum atomic E-state index is 12.1. The molecule has 0 atom stereocenters. The average Bonchev–Trinajstić information content (AvgIpc) is 3.39. The highest BCUT2D eigenvalue weighted by molar-refractivity contribution is 6.04. The Morgan fingerprint density at radius 1 is 1.04 bits per heavy atom. The van der Waals surface area contributed by atoms with Crippen molar-refractivity contribution in [3.63, 3.8) is 0 Å². The fourth-order valence-electron chi connectivity index (χ4n) is 2.04. The van der Waals surface area contributed by atoms with Crippen LogP contribution in [-0.2, 0) is 0 Å². The summed E-state index contributed by atoms with van der Waals surface area (Å²) in [4.78, 5) is 28.0. The molecule has 1 aliphatic carbocycles. The Bertz CT molecular complexity index is 707. The van der Waals surface area contributed by atoms with Gasteiger partial charge in [-0.2, -0.15) is 0 Å². The second kappa shape index (κ2) is 6.48. The quantitative estimate of drug-likeness (QED) is 0.887. The molecule has 2 amide bonds. The first-order chi connectivity index (χ1) is 11.2. The number of ether oxygens (including phenoxy) is 1. The summed E-state index contributed by atoms with van der Waals surface area (Å²) in [6.07, 6.45) is 3.55. The van der Waals surface area contributed by atoms with Crippen LogP contribution in [0.5, 0.6) is 5.88 Å². The molecule has 1 heterocycles. The van der Waals surface area contributed by atoms with E-state index < -0.39 is 0 Å². The van der Waals surface area contributed by atoms with Crippen molar-refractivity contribution in [2.45, 2.75) is 18.9 Å². The lowest BCUT2D eigenvalue weighted by atomic mass is 10.2. The molecule has 0 spiro atoms. The third-order valence-electron chi connectivity index (χ3n) is 3.53. The minimum Gasteiger partial charge on any atom is -0.481 e. The fraction of sp³-hybridized carbons (Fsp3) is 0.235. The number of nitrogens with zero attached hydrogens (tertiary/aromatic N) is 1. The first-order valence-electron chi connectivity index (χ1n) is 7.38. The van der Waals surface area contributed by atoms with Crippen LogP contribution in [0.2, 0.25) is 0 Å². The van der Waals surface area contributed by atoms with Gasteiger partial charge >= 0.3 is 0 Å². The lowest BCUT2D eigenvalue weighted by molar-refractivity contribution is 0.0950. The van der Waals surface area contributed by atoms with E-state index in [1.807, 2.05) is 0 Å². The molecule has 0 bridgehead atoms. The molecule has 6 nitrogen and oxygen atoms in total. The third-order valence-corrected chi connectivity index (χ3v) is 3.53. The summed E-state index contributed by atoms with van der Waals surface area (Å²) in [5.74, 6) is 0.104. The summed E-state index contributed by atoms with van der Waals surface area (Å²) in [6, 6.07) is 10.4. The van der Waals surface area contributed by atoms with Gasteiger partial charge in [-0.3, -0.25) is 9.59 Å². The molecule has 0 saturated heterocycles. The van der Waals surface area contributed by atoms with Crippen LogP contribution in [-0.4, -0.2) is 29.9 Å². The predicted octanol–water partition coefficient (Wildman–Crippen LogP) is 2.23. The van der Waals surface area contributed by atoms with Gasteiger partial charge in [0.05, 0.1) is 12.7 Å². The van der Waals surface area contributed by atoms with Gasteiger partial charge in [-0.15, -0.1) is 0 Å². The number of hydrogen-bond acceptors (Lipinski definition) is 4. The Labute approximate surface area is 133 Å². The summed E-state index contributed by atoms with van der Waals surface area (Å²) in [6.45, 7) is 0. The van der Waals surface area contributed by atoms with Crippen LogP contribution in [0.1, 0.15) is 33.6 Å². The Kier molecular flexibility index (Phi) is 4.23. The summed E-state index contributed by atoms with van der Waals surface area (Å²) < 4.78 is 4.95. The average molecular weight is 311 g/mol. The molecule has 118 valence electrons. The number of amides is 2. The van der Waals surface area contributed by atoms with E-state index in [9.17, 15) is 9.59 Å². The summed E-state index contributed by atoms with van der Waals surface area (Å²) >= 11 is 0. The second-order valence-corrected chi connectivity index (χ2v) is 5.37. The largest absolute Gasteiger partial charge is 0.481 e. The number of methoxy groups -OCH3 is 1. The molecule has 1 aromatic heterocycles. The van der Waals surface area contributed by atoms with E-state index in [1.165, 1.54) is 13.3 Å².